The van der Waals surface area contributed by atoms with E-state index in [0.29, 0.717) is 12.8 Å². The van der Waals surface area contributed by atoms with E-state index in [1.54, 1.807) is 24.3 Å². The van der Waals surface area contributed by atoms with Crippen LogP contribution in [0.5, 0.6) is 0 Å². The second-order valence-corrected chi connectivity index (χ2v) is 9.90. The van der Waals surface area contributed by atoms with E-state index in [1.165, 1.54) is 0 Å². The molecule has 258 valence electrons. The molecule has 0 saturated heterocycles. The van der Waals surface area contributed by atoms with Crippen molar-refractivity contribution < 1.29 is 34.2 Å². The van der Waals surface area contributed by atoms with Crippen molar-refractivity contribution in [2.75, 3.05) is 0 Å². The molecule has 2 unspecified atom stereocenters. The minimum Gasteiger partial charge on any atom is -0.480 e. The van der Waals surface area contributed by atoms with E-state index in [1.807, 2.05) is 97.1 Å². The molecule has 0 aliphatic carbocycles. The summed E-state index contributed by atoms with van der Waals surface area (Å²) in [5.74, 6) is -3.85. The Morgan fingerprint density at radius 1 is 0.583 bits per heavy atom. The summed E-state index contributed by atoms with van der Waals surface area (Å²) in [6.07, 6.45) is 0.989. The predicted molar refractivity (Wildman–Crippen MR) is 188 cm³/mol. The Labute approximate surface area is 282 Å². The summed E-state index contributed by atoms with van der Waals surface area (Å²) in [7, 11) is 0. The molecule has 10 N–H and O–H groups in total. The van der Waals surface area contributed by atoms with Gasteiger partial charge in [0.2, 0.25) is 17.6 Å². The number of amides is 2. The van der Waals surface area contributed by atoms with Gasteiger partial charge < -0.3 is 33.1 Å². The Morgan fingerprint density at radius 2 is 0.938 bits per heavy atom. The minimum absolute atomic E-state index is 0. The fourth-order valence-corrected chi connectivity index (χ4v) is 3.91. The van der Waals surface area contributed by atoms with Crippen LogP contribution in [0.1, 0.15) is 37.1 Å². The van der Waals surface area contributed by atoms with Crippen molar-refractivity contribution in [1.29, 1.82) is 0 Å². The molecule has 0 spiro atoms. The molecule has 0 aromatic heterocycles. The lowest BCUT2D eigenvalue weighted by Gasteiger charge is -2.15. The lowest BCUT2D eigenvalue weighted by Crippen LogP contribution is -2.46. The van der Waals surface area contributed by atoms with Gasteiger partial charge >= 0.3 is 11.9 Å². The molecule has 0 heterocycles. The molecule has 4 aromatic carbocycles. The van der Waals surface area contributed by atoms with Crippen LogP contribution in [-0.2, 0) is 49.7 Å². The van der Waals surface area contributed by atoms with Gasteiger partial charge in [-0.05, 0) is 28.7 Å². The van der Waals surface area contributed by atoms with Crippen LogP contribution in [0.25, 0.3) is 0 Å². The number of carbonyl (C=O) groups is 5. The van der Waals surface area contributed by atoms with Gasteiger partial charge in [-0.1, -0.05) is 136 Å². The average molecular weight is 661 g/mol. The lowest BCUT2D eigenvalue weighted by molar-refractivity contribution is -0.148. The van der Waals surface area contributed by atoms with Gasteiger partial charge in [0.25, 0.3) is 0 Å². The second kappa shape index (κ2) is 24.6. The molecule has 4 aromatic rings. The highest BCUT2D eigenvalue weighted by Crippen LogP contribution is 2.05. The SMILES string of the molecule is C.C.N.NC(=O)C(Cc1ccccc1)NC(=O)Cc1ccccc1.NC(Cc1ccccc1)C(=O)O.O=C(O)C(=O)Cc1ccccc1. The number of aliphatic carboxylic acids is 2. The van der Waals surface area contributed by atoms with Crippen molar-refractivity contribution in [2.45, 2.75) is 52.6 Å². The van der Waals surface area contributed by atoms with Gasteiger partial charge in [0.15, 0.2) is 0 Å². The zero-order valence-corrected chi connectivity index (χ0v) is 25.3. The van der Waals surface area contributed by atoms with Gasteiger partial charge in [-0.25, -0.2) is 4.79 Å². The number of hydrogen-bond donors (Lipinski definition) is 6. The Morgan fingerprint density at radius 3 is 1.29 bits per heavy atom. The maximum Gasteiger partial charge on any atom is 0.372 e. The summed E-state index contributed by atoms with van der Waals surface area (Å²) in [6, 6.07) is 35.5. The number of primary amides is 1. The van der Waals surface area contributed by atoms with Crippen LogP contribution in [-0.4, -0.2) is 51.8 Å². The predicted octanol–water partition coefficient (Wildman–Crippen LogP) is 4.40. The largest absolute Gasteiger partial charge is 0.480 e. The summed E-state index contributed by atoms with van der Waals surface area (Å²) < 4.78 is 0. The number of nitrogens with two attached hydrogens (primary N) is 2. The van der Waals surface area contributed by atoms with Crippen molar-refractivity contribution in [3.63, 3.8) is 0 Å². The molecule has 4 rings (SSSR count). The number of carboxylic acid groups (broad SMARTS) is 2. The molecule has 0 saturated carbocycles. The Balaban J connectivity index is 0. The first-order valence-electron chi connectivity index (χ1n) is 14.0. The third-order valence-electron chi connectivity index (χ3n) is 6.23. The molecule has 0 aliphatic heterocycles. The molecule has 0 radical (unpaired) electrons. The second-order valence-electron chi connectivity index (χ2n) is 9.90. The maximum atomic E-state index is 12.0. The number of carbonyl (C=O) groups excluding carboxylic acids is 3. The fraction of sp³-hybridized carbons (Fsp3) is 0.216. The first-order valence-corrected chi connectivity index (χ1v) is 14.0. The fourth-order valence-electron chi connectivity index (χ4n) is 3.91. The van der Waals surface area contributed by atoms with Crippen molar-refractivity contribution in [1.82, 2.24) is 11.5 Å². The molecule has 0 aliphatic rings. The van der Waals surface area contributed by atoms with E-state index < -0.39 is 35.7 Å². The van der Waals surface area contributed by atoms with E-state index in [-0.39, 0.29) is 39.8 Å². The Kier molecular flexibility index (Phi) is 22.8. The third kappa shape index (κ3) is 18.4. The van der Waals surface area contributed by atoms with E-state index in [9.17, 15) is 24.0 Å². The number of benzene rings is 4. The van der Waals surface area contributed by atoms with Gasteiger partial charge in [0, 0.05) is 12.8 Å². The van der Waals surface area contributed by atoms with Crippen LogP contribution in [0.2, 0.25) is 0 Å². The lowest BCUT2D eigenvalue weighted by atomic mass is 10.0. The van der Waals surface area contributed by atoms with E-state index >= 15 is 0 Å². The molecule has 48 heavy (non-hydrogen) atoms. The summed E-state index contributed by atoms with van der Waals surface area (Å²) in [5, 5.41) is 19.5. The molecule has 2 atom stereocenters. The smallest absolute Gasteiger partial charge is 0.372 e. The third-order valence-corrected chi connectivity index (χ3v) is 6.23. The first kappa shape index (κ1) is 44.5. The van der Waals surface area contributed by atoms with Gasteiger partial charge in [0.1, 0.15) is 12.1 Å². The van der Waals surface area contributed by atoms with E-state index in [0.717, 1.165) is 22.3 Å². The molecule has 2 amide bonds. The first-order chi connectivity index (χ1) is 21.5. The molecular formula is C37H48N4O7. The molecular weight excluding hydrogens is 612 g/mol. The highest BCUT2D eigenvalue weighted by Gasteiger charge is 2.18. The zero-order valence-electron chi connectivity index (χ0n) is 25.3. The van der Waals surface area contributed by atoms with Crippen LogP contribution >= 0.6 is 0 Å². The van der Waals surface area contributed by atoms with Crippen LogP contribution in [0.15, 0.2) is 121 Å². The van der Waals surface area contributed by atoms with Crippen LogP contribution in [0, 0.1) is 0 Å². The number of carboxylic acids is 2. The highest BCUT2D eigenvalue weighted by atomic mass is 16.4. The summed E-state index contributed by atoms with van der Waals surface area (Å²) in [5.41, 5.74) is 14.3. The summed E-state index contributed by atoms with van der Waals surface area (Å²) >= 11 is 0. The van der Waals surface area contributed by atoms with Crippen LogP contribution in [0.3, 0.4) is 0 Å². The van der Waals surface area contributed by atoms with Gasteiger partial charge in [-0.3, -0.25) is 19.2 Å². The molecule has 11 heteroatoms. The minimum atomic E-state index is -1.38. The number of ketones is 1. The summed E-state index contributed by atoms with van der Waals surface area (Å²) in [6.45, 7) is 0. The molecule has 11 nitrogen and oxygen atoms in total. The van der Waals surface area contributed by atoms with Crippen molar-refractivity contribution in [3.05, 3.63) is 144 Å². The van der Waals surface area contributed by atoms with E-state index in [4.69, 9.17) is 21.7 Å². The molecule has 0 fully saturated rings. The maximum absolute atomic E-state index is 12.0. The van der Waals surface area contributed by atoms with Gasteiger partial charge in [-0.15, -0.1) is 0 Å². The monoisotopic (exact) mass is 660 g/mol. The van der Waals surface area contributed by atoms with Gasteiger partial charge in [0.05, 0.1) is 6.42 Å². The number of hydrogen-bond acceptors (Lipinski definition) is 7. The zero-order chi connectivity index (χ0) is 33.0. The number of Topliss-reactive ketones (excluding diaryl/α,β-unsaturated/α-hetero) is 1. The van der Waals surface area contributed by atoms with E-state index in [2.05, 4.69) is 5.32 Å². The van der Waals surface area contributed by atoms with Crippen LogP contribution < -0.4 is 22.9 Å². The van der Waals surface area contributed by atoms with Gasteiger partial charge in [-0.2, -0.15) is 0 Å². The van der Waals surface area contributed by atoms with Crippen molar-refractivity contribution >= 4 is 29.5 Å². The van der Waals surface area contributed by atoms with Crippen molar-refractivity contribution in [3.8, 4) is 0 Å². The van der Waals surface area contributed by atoms with Crippen molar-refractivity contribution in [2.24, 2.45) is 11.5 Å². The average Bonchev–Trinajstić information content (AvgIpc) is 3.03. The normalized spacial score (nSPS) is 10.5. The number of rotatable bonds is 12. The van der Waals surface area contributed by atoms with Crippen LogP contribution in [0.4, 0.5) is 0 Å². The topological polar surface area (TPSA) is 225 Å². The number of nitrogens with one attached hydrogen (secondary N) is 1. The quantitative estimate of drug-likeness (QED) is 0.118. The molecule has 0 bridgehead atoms. The highest BCUT2D eigenvalue weighted by molar-refractivity contribution is 6.33. The Bertz CT molecular complexity index is 1500. The Hall–Kier alpha value is -5.65. The standard InChI is InChI=1S/C17H18N2O2.C9H11NO2.C9H8O3.2CH4.H3N/c18-17(21)15(11-13-7-3-1-4-8-13)19-16(20)12-14-9-5-2-6-10-14;2*10-8(9(11)12)6-7-4-2-1-3-5-7;;;/h1-10,15H,11-12H2,(H2,18,21)(H,19,20);1-5,8H,6,10H2,(H,11,12);1-5H,6H2,(H,11,12);2*1H4;1H3. The summed E-state index contributed by atoms with van der Waals surface area (Å²) in [4.78, 5) is 54.7.